The van der Waals surface area contributed by atoms with Crippen LogP contribution in [0.5, 0.6) is 0 Å². The summed E-state index contributed by atoms with van der Waals surface area (Å²) in [5.41, 5.74) is 13.6. The minimum atomic E-state index is -2.19. The zero-order valence-corrected chi connectivity index (χ0v) is 7.63. The van der Waals surface area contributed by atoms with E-state index in [1.54, 1.807) is 0 Å². The summed E-state index contributed by atoms with van der Waals surface area (Å²) in [6.07, 6.45) is -6.16. The maximum Gasteiger partial charge on any atom is 0.225 e. The average molecular weight is 220 g/mol. The maximum atomic E-state index is 9.41. The number of hydrogen-bond donors (Lipinski definition) is 5. The largest absolute Gasteiger partial charge is 0.394 e. The fourth-order valence-corrected chi connectivity index (χ4v) is 1.33. The van der Waals surface area contributed by atoms with Crippen molar-refractivity contribution in [3.8, 4) is 0 Å². The van der Waals surface area contributed by atoms with Gasteiger partial charge in [0.05, 0.1) is 6.61 Å². The minimum Gasteiger partial charge on any atom is -0.394 e. The molecule has 6 N–H and O–H groups in total. The zero-order valence-electron chi connectivity index (χ0n) is 7.63. The van der Waals surface area contributed by atoms with Crippen LogP contribution in [0.2, 0.25) is 0 Å². The van der Waals surface area contributed by atoms with Crippen molar-refractivity contribution in [3.05, 3.63) is 10.4 Å². The Morgan fingerprint density at radius 3 is 2.47 bits per heavy atom. The summed E-state index contributed by atoms with van der Waals surface area (Å²) >= 11 is 0. The van der Waals surface area contributed by atoms with Crippen LogP contribution in [0, 0.1) is 0 Å². The van der Waals surface area contributed by atoms with Gasteiger partial charge in [0.25, 0.3) is 0 Å². The summed E-state index contributed by atoms with van der Waals surface area (Å²) in [6.45, 7) is -0.634. The smallest absolute Gasteiger partial charge is 0.225 e. The fraction of sp³-hybridized carbons (Fsp3) is 1.00. The van der Waals surface area contributed by atoms with Crippen molar-refractivity contribution in [3.63, 3.8) is 0 Å². The first kappa shape index (κ1) is 12.1. The molecule has 0 aromatic carbocycles. The van der Waals surface area contributed by atoms with Crippen LogP contribution in [-0.2, 0) is 4.74 Å². The highest BCUT2D eigenvalue weighted by atomic mass is 16.6. The lowest BCUT2D eigenvalue weighted by Crippen LogP contribution is -2.68. The van der Waals surface area contributed by atoms with Crippen LogP contribution in [0.1, 0.15) is 0 Å². The highest BCUT2D eigenvalue weighted by Gasteiger charge is 2.51. The van der Waals surface area contributed by atoms with E-state index in [1.165, 1.54) is 0 Å². The van der Waals surface area contributed by atoms with Crippen molar-refractivity contribution < 1.29 is 25.2 Å². The number of azide groups is 1. The van der Waals surface area contributed by atoms with Crippen LogP contribution in [-0.4, -0.2) is 57.3 Å². The molecular formula is C6H12N4O5. The van der Waals surface area contributed by atoms with Crippen molar-refractivity contribution in [2.24, 2.45) is 10.8 Å². The molecule has 9 nitrogen and oxygen atoms in total. The van der Waals surface area contributed by atoms with Gasteiger partial charge < -0.3 is 25.2 Å². The lowest BCUT2D eigenvalue weighted by Gasteiger charge is -2.43. The molecule has 15 heavy (non-hydrogen) atoms. The van der Waals surface area contributed by atoms with Gasteiger partial charge >= 0.3 is 0 Å². The molecule has 0 spiro atoms. The Hall–Kier alpha value is -0.930. The summed E-state index contributed by atoms with van der Waals surface area (Å²) in [5, 5.41) is 39.9. The Labute approximate surface area is 84.3 Å². The van der Waals surface area contributed by atoms with Crippen molar-refractivity contribution >= 4 is 0 Å². The van der Waals surface area contributed by atoms with E-state index in [1.807, 2.05) is 0 Å². The molecule has 0 saturated carbocycles. The molecule has 1 unspecified atom stereocenters. The molecule has 1 heterocycles. The topological polar surface area (TPSA) is 165 Å². The number of nitrogens with two attached hydrogens (primary N) is 1. The van der Waals surface area contributed by atoms with Crippen molar-refractivity contribution in [1.82, 2.24) is 0 Å². The van der Waals surface area contributed by atoms with E-state index in [4.69, 9.17) is 21.1 Å². The Morgan fingerprint density at radius 2 is 2.00 bits per heavy atom. The number of nitrogens with zero attached hydrogens (tertiary/aromatic N) is 3. The van der Waals surface area contributed by atoms with Gasteiger partial charge in [0.15, 0.2) is 0 Å². The third-order valence-corrected chi connectivity index (χ3v) is 2.20. The van der Waals surface area contributed by atoms with E-state index in [9.17, 15) is 15.3 Å². The van der Waals surface area contributed by atoms with Crippen molar-refractivity contribution in [1.29, 1.82) is 0 Å². The second-order valence-corrected chi connectivity index (χ2v) is 3.21. The van der Waals surface area contributed by atoms with Crippen LogP contribution >= 0.6 is 0 Å². The van der Waals surface area contributed by atoms with Gasteiger partial charge in [-0.05, 0) is 10.6 Å². The molecule has 1 rings (SSSR count). The minimum absolute atomic E-state index is 0.634. The van der Waals surface area contributed by atoms with E-state index in [0.717, 1.165) is 0 Å². The molecule has 0 aliphatic carbocycles. The molecule has 1 saturated heterocycles. The molecule has 5 atom stereocenters. The molecule has 1 fully saturated rings. The van der Waals surface area contributed by atoms with Crippen LogP contribution in [0.4, 0.5) is 0 Å². The fourth-order valence-electron chi connectivity index (χ4n) is 1.33. The molecular weight excluding hydrogens is 208 g/mol. The number of aliphatic hydroxyl groups excluding tert-OH is 4. The van der Waals surface area contributed by atoms with Gasteiger partial charge in [0.1, 0.15) is 24.4 Å². The molecule has 1 aliphatic rings. The third kappa shape index (κ3) is 2.03. The zero-order chi connectivity index (χ0) is 11.6. The van der Waals surface area contributed by atoms with E-state index in [2.05, 4.69) is 10.0 Å². The van der Waals surface area contributed by atoms with Gasteiger partial charge in [-0.15, -0.1) is 0 Å². The van der Waals surface area contributed by atoms with Crippen molar-refractivity contribution in [2.75, 3.05) is 6.61 Å². The highest BCUT2D eigenvalue weighted by Crippen LogP contribution is 2.27. The van der Waals surface area contributed by atoms with Gasteiger partial charge in [-0.3, -0.25) is 5.73 Å². The predicted molar refractivity (Wildman–Crippen MR) is 46.0 cm³/mol. The SMILES string of the molecule is [N-]=[N+]=NC1(N)O[C@H](CO)[C@@H](O)[C@H](O)[C@H]1O. The number of ether oxygens (including phenoxy) is 1. The first-order valence-corrected chi connectivity index (χ1v) is 4.14. The lowest BCUT2D eigenvalue weighted by atomic mass is 9.96. The van der Waals surface area contributed by atoms with Gasteiger partial charge in [-0.1, -0.05) is 0 Å². The van der Waals surface area contributed by atoms with E-state index in [-0.39, 0.29) is 0 Å². The van der Waals surface area contributed by atoms with Crippen LogP contribution in [0.15, 0.2) is 5.11 Å². The monoisotopic (exact) mass is 220 g/mol. The maximum absolute atomic E-state index is 9.41. The molecule has 0 aromatic rings. The molecule has 9 heteroatoms. The van der Waals surface area contributed by atoms with E-state index < -0.39 is 36.9 Å². The molecule has 0 amide bonds. The summed E-state index contributed by atoms with van der Waals surface area (Å²) in [6, 6.07) is 0. The standard InChI is InChI=1S/C6H12N4O5/c7-6(9-10-8)5(14)4(13)3(12)2(1-11)15-6/h2-5,11-14H,1,7H2/t2-,3-,4+,5-,6?/m1/s1. The van der Waals surface area contributed by atoms with Crippen LogP contribution in [0.3, 0.4) is 0 Å². The Morgan fingerprint density at radius 1 is 1.40 bits per heavy atom. The quantitative estimate of drug-likeness (QED) is 0.194. The van der Waals surface area contributed by atoms with Gasteiger partial charge in [0, 0.05) is 4.91 Å². The van der Waals surface area contributed by atoms with Crippen LogP contribution < -0.4 is 5.73 Å². The Kier molecular flexibility index (Phi) is 3.47. The van der Waals surface area contributed by atoms with Crippen LogP contribution in [0.25, 0.3) is 10.4 Å². The Balaban J connectivity index is 2.97. The third-order valence-electron chi connectivity index (χ3n) is 2.20. The lowest BCUT2D eigenvalue weighted by molar-refractivity contribution is -0.270. The number of rotatable bonds is 2. The predicted octanol–water partition coefficient (Wildman–Crippen LogP) is -2.62. The Bertz CT molecular complexity index is 281. The summed E-state index contributed by atoms with van der Waals surface area (Å²) < 4.78 is 4.81. The van der Waals surface area contributed by atoms with Gasteiger partial charge in [0.2, 0.25) is 5.85 Å². The molecule has 0 bridgehead atoms. The van der Waals surface area contributed by atoms with E-state index >= 15 is 0 Å². The first-order valence-electron chi connectivity index (χ1n) is 4.14. The summed E-state index contributed by atoms with van der Waals surface area (Å²) in [5.74, 6) is -2.19. The van der Waals surface area contributed by atoms with Crippen molar-refractivity contribution in [2.45, 2.75) is 30.3 Å². The second-order valence-electron chi connectivity index (χ2n) is 3.21. The molecule has 1 aliphatic heterocycles. The molecule has 86 valence electrons. The van der Waals surface area contributed by atoms with Gasteiger partial charge in [-0.2, -0.15) is 0 Å². The first-order chi connectivity index (χ1) is 6.96. The summed E-state index contributed by atoms with van der Waals surface area (Å²) in [4.78, 5) is 2.35. The average Bonchev–Trinajstić information content (AvgIpc) is 2.21. The van der Waals surface area contributed by atoms with E-state index in [0.29, 0.717) is 0 Å². The summed E-state index contributed by atoms with van der Waals surface area (Å²) in [7, 11) is 0. The van der Waals surface area contributed by atoms with Gasteiger partial charge in [-0.25, -0.2) is 0 Å². The normalized spacial score (nSPS) is 45.9. The second kappa shape index (κ2) is 4.29. The number of aliphatic hydroxyl groups is 4. The molecule has 0 aromatic heterocycles. The highest BCUT2D eigenvalue weighted by molar-refractivity contribution is 4.97. The number of hydrogen-bond acceptors (Lipinski definition) is 7. The molecule has 0 radical (unpaired) electrons.